The number of hydrogen-bond acceptors (Lipinski definition) is 4. The number of nitrogens with one attached hydrogen (secondary N) is 2. The Labute approximate surface area is 108 Å². The molecule has 0 fully saturated rings. The van der Waals surface area contributed by atoms with Gasteiger partial charge in [0.05, 0.1) is 12.3 Å². The van der Waals surface area contributed by atoms with E-state index in [-0.39, 0.29) is 5.91 Å². The fourth-order valence-electron chi connectivity index (χ4n) is 1.59. The quantitative estimate of drug-likeness (QED) is 0.615. The lowest BCUT2D eigenvalue weighted by atomic mass is 10.3. The first kappa shape index (κ1) is 14.7. The highest BCUT2D eigenvalue weighted by Crippen LogP contribution is 1.97. The number of rotatable bonds is 9. The van der Waals surface area contributed by atoms with Crippen molar-refractivity contribution in [2.24, 2.45) is 0 Å². The van der Waals surface area contributed by atoms with Crippen molar-refractivity contribution in [1.29, 1.82) is 0 Å². The van der Waals surface area contributed by atoms with E-state index >= 15 is 0 Å². The third-order valence-electron chi connectivity index (χ3n) is 2.57. The Hall–Kier alpha value is -1.40. The summed E-state index contributed by atoms with van der Waals surface area (Å²) in [5.74, 6) is 0.0450. The van der Waals surface area contributed by atoms with E-state index in [0.717, 1.165) is 18.8 Å². The molecule has 1 amide bonds. The predicted octanol–water partition coefficient (Wildman–Crippen LogP) is 0.145. The molecule has 6 heteroatoms. The monoisotopic (exact) mass is 254 g/mol. The fourth-order valence-corrected chi connectivity index (χ4v) is 1.59. The van der Waals surface area contributed by atoms with Crippen LogP contribution in [0.2, 0.25) is 0 Å². The van der Waals surface area contributed by atoms with Gasteiger partial charge in [-0.05, 0) is 13.0 Å². The minimum atomic E-state index is 0.0450. The molecule has 1 aromatic heterocycles. The minimum absolute atomic E-state index is 0.0450. The Morgan fingerprint density at radius 3 is 3.06 bits per heavy atom. The molecule has 0 atom stereocenters. The second-order valence-corrected chi connectivity index (χ2v) is 3.91. The second kappa shape index (κ2) is 8.66. The van der Waals surface area contributed by atoms with E-state index in [1.165, 1.54) is 0 Å². The SMILES string of the molecule is CCn1nccc1CNCCC(=O)NCCOC. The molecule has 1 aromatic rings. The van der Waals surface area contributed by atoms with Crippen LogP contribution < -0.4 is 10.6 Å². The summed E-state index contributed by atoms with van der Waals surface area (Å²) in [6.07, 6.45) is 2.27. The molecule has 6 nitrogen and oxygen atoms in total. The van der Waals surface area contributed by atoms with Crippen LogP contribution in [-0.4, -0.2) is 42.5 Å². The van der Waals surface area contributed by atoms with E-state index < -0.39 is 0 Å². The number of amides is 1. The van der Waals surface area contributed by atoms with Gasteiger partial charge in [0.1, 0.15) is 0 Å². The number of carbonyl (C=O) groups excluding carboxylic acids is 1. The lowest BCUT2D eigenvalue weighted by Crippen LogP contribution is -2.30. The standard InChI is InChI=1S/C12H22N4O2/c1-3-16-11(4-7-15-16)10-13-6-5-12(17)14-8-9-18-2/h4,7,13H,3,5-6,8-10H2,1-2H3,(H,14,17). The predicted molar refractivity (Wildman–Crippen MR) is 69.1 cm³/mol. The molecule has 0 unspecified atom stereocenters. The maximum absolute atomic E-state index is 11.4. The molecule has 0 aliphatic carbocycles. The van der Waals surface area contributed by atoms with Crippen molar-refractivity contribution in [2.75, 3.05) is 26.8 Å². The van der Waals surface area contributed by atoms with Crippen molar-refractivity contribution in [2.45, 2.75) is 26.4 Å². The summed E-state index contributed by atoms with van der Waals surface area (Å²) < 4.78 is 6.79. The zero-order valence-electron chi connectivity index (χ0n) is 11.1. The van der Waals surface area contributed by atoms with Gasteiger partial charge in [0.15, 0.2) is 0 Å². The summed E-state index contributed by atoms with van der Waals surface area (Å²) >= 11 is 0. The second-order valence-electron chi connectivity index (χ2n) is 3.91. The van der Waals surface area contributed by atoms with E-state index in [2.05, 4.69) is 22.7 Å². The minimum Gasteiger partial charge on any atom is -0.383 e. The first-order valence-corrected chi connectivity index (χ1v) is 6.25. The van der Waals surface area contributed by atoms with Gasteiger partial charge < -0.3 is 15.4 Å². The molecule has 0 aliphatic rings. The molecular formula is C12H22N4O2. The van der Waals surface area contributed by atoms with Gasteiger partial charge in [-0.1, -0.05) is 0 Å². The summed E-state index contributed by atoms with van der Waals surface area (Å²) in [4.78, 5) is 11.4. The molecule has 18 heavy (non-hydrogen) atoms. The fraction of sp³-hybridized carbons (Fsp3) is 0.667. The number of hydrogen-bond donors (Lipinski definition) is 2. The van der Waals surface area contributed by atoms with Crippen molar-refractivity contribution < 1.29 is 9.53 Å². The number of ether oxygens (including phenoxy) is 1. The molecule has 102 valence electrons. The molecular weight excluding hydrogens is 232 g/mol. The number of aromatic nitrogens is 2. The highest BCUT2D eigenvalue weighted by atomic mass is 16.5. The van der Waals surface area contributed by atoms with Crippen molar-refractivity contribution >= 4 is 5.91 Å². The largest absolute Gasteiger partial charge is 0.383 e. The number of carbonyl (C=O) groups is 1. The van der Waals surface area contributed by atoms with Crippen LogP contribution >= 0.6 is 0 Å². The third kappa shape index (κ3) is 5.29. The molecule has 1 heterocycles. The van der Waals surface area contributed by atoms with Crippen LogP contribution in [0.25, 0.3) is 0 Å². The van der Waals surface area contributed by atoms with Crippen LogP contribution in [0.15, 0.2) is 12.3 Å². The Kier molecular flexibility index (Phi) is 7.05. The van der Waals surface area contributed by atoms with E-state index in [9.17, 15) is 4.79 Å². The number of nitrogens with zero attached hydrogens (tertiary/aromatic N) is 2. The summed E-state index contributed by atoms with van der Waals surface area (Å²) in [6.45, 7) is 5.43. The maximum atomic E-state index is 11.4. The molecule has 0 saturated heterocycles. The molecule has 0 spiro atoms. The van der Waals surface area contributed by atoms with E-state index in [1.54, 1.807) is 13.3 Å². The Balaban J connectivity index is 2.09. The van der Waals surface area contributed by atoms with Gasteiger partial charge in [-0.3, -0.25) is 9.48 Å². The Morgan fingerprint density at radius 2 is 2.33 bits per heavy atom. The molecule has 2 N–H and O–H groups in total. The average Bonchev–Trinajstić information content (AvgIpc) is 2.82. The highest BCUT2D eigenvalue weighted by Gasteiger charge is 2.02. The van der Waals surface area contributed by atoms with Crippen LogP contribution in [0.4, 0.5) is 0 Å². The number of methoxy groups -OCH3 is 1. The lowest BCUT2D eigenvalue weighted by Gasteiger charge is -2.07. The maximum Gasteiger partial charge on any atom is 0.221 e. The normalized spacial score (nSPS) is 10.6. The topological polar surface area (TPSA) is 68.2 Å². The van der Waals surface area contributed by atoms with Gasteiger partial charge >= 0.3 is 0 Å². The third-order valence-corrected chi connectivity index (χ3v) is 2.57. The van der Waals surface area contributed by atoms with Crippen LogP contribution in [0, 0.1) is 0 Å². The van der Waals surface area contributed by atoms with Gasteiger partial charge in [-0.25, -0.2) is 0 Å². The molecule has 0 saturated carbocycles. The van der Waals surface area contributed by atoms with Crippen LogP contribution in [0.1, 0.15) is 19.0 Å². The van der Waals surface area contributed by atoms with Crippen molar-refractivity contribution in [3.05, 3.63) is 18.0 Å². The molecule has 0 aromatic carbocycles. The molecule has 1 rings (SSSR count). The molecule has 0 aliphatic heterocycles. The first-order chi connectivity index (χ1) is 8.77. The summed E-state index contributed by atoms with van der Waals surface area (Å²) in [6, 6.07) is 1.98. The zero-order valence-corrected chi connectivity index (χ0v) is 11.1. The summed E-state index contributed by atoms with van der Waals surface area (Å²) in [5.41, 5.74) is 1.14. The molecule has 0 bridgehead atoms. The smallest absolute Gasteiger partial charge is 0.221 e. The van der Waals surface area contributed by atoms with Crippen molar-refractivity contribution in [3.8, 4) is 0 Å². The first-order valence-electron chi connectivity index (χ1n) is 6.25. The zero-order chi connectivity index (χ0) is 13.2. The van der Waals surface area contributed by atoms with Gasteiger partial charge in [0, 0.05) is 45.9 Å². The summed E-state index contributed by atoms with van der Waals surface area (Å²) in [5, 5.41) is 10.2. The van der Waals surface area contributed by atoms with Crippen LogP contribution in [0.5, 0.6) is 0 Å². The van der Waals surface area contributed by atoms with E-state index in [0.29, 0.717) is 26.1 Å². The van der Waals surface area contributed by atoms with Gasteiger partial charge in [0.25, 0.3) is 0 Å². The van der Waals surface area contributed by atoms with Crippen LogP contribution in [-0.2, 0) is 22.6 Å². The van der Waals surface area contributed by atoms with E-state index in [4.69, 9.17) is 4.74 Å². The Morgan fingerprint density at radius 1 is 1.50 bits per heavy atom. The van der Waals surface area contributed by atoms with E-state index in [1.807, 2.05) is 10.7 Å². The van der Waals surface area contributed by atoms with Crippen LogP contribution in [0.3, 0.4) is 0 Å². The van der Waals surface area contributed by atoms with Crippen molar-refractivity contribution in [3.63, 3.8) is 0 Å². The lowest BCUT2D eigenvalue weighted by molar-refractivity contribution is -0.121. The molecule has 0 radical (unpaired) electrons. The van der Waals surface area contributed by atoms with Crippen molar-refractivity contribution in [1.82, 2.24) is 20.4 Å². The highest BCUT2D eigenvalue weighted by molar-refractivity contribution is 5.75. The average molecular weight is 254 g/mol. The number of aryl methyl sites for hydroxylation is 1. The van der Waals surface area contributed by atoms with Gasteiger partial charge in [0.2, 0.25) is 5.91 Å². The van der Waals surface area contributed by atoms with Gasteiger partial charge in [-0.2, -0.15) is 5.10 Å². The van der Waals surface area contributed by atoms with Gasteiger partial charge in [-0.15, -0.1) is 0 Å². The Bertz CT molecular complexity index is 352. The summed E-state index contributed by atoms with van der Waals surface area (Å²) in [7, 11) is 1.62.